The molecule has 2 N–H and O–H groups in total. The third-order valence-electron chi connectivity index (χ3n) is 3.86. The highest BCUT2D eigenvalue weighted by Crippen LogP contribution is 2.41. The van der Waals surface area contributed by atoms with E-state index in [-0.39, 0.29) is 22.4 Å². The fraction of sp³-hybridized carbons (Fsp3) is 0. The number of para-hydroxylation sites is 1. The minimum Gasteiger partial charge on any atom is -0.494 e. The number of aromatic hydroxyl groups is 2. The maximum atomic E-state index is 12.6. The highest BCUT2D eigenvalue weighted by molar-refractivity contribution is 6.29. The molecule has 1 aliphatic rings. The van der Waals surface area contributed by atoms with E-state index in [9.17, 15) is 19.8 Å². The van der Waals surface area contributed by atoms with E-state index in [2.05, 4.69) is 4.98 Å². The summed E-state index contributed by atoms with van der Waals surface area (Å²) in [6.45, 7) is 0. The van der Waals surface area contributed by atoms with Crippen molar-refractivity contribution in [3.63, 3.8) is 0 Å². The van der Waals surface area contributed by atoms with Crippen molar-refractivity contribution in [3.05, 3.63) is 71.0 Å². The maximum absolute atomic E-state index is 12.6. The summed E-state index contributed by atoms with van der Waals surface area (Å²) in [6.07, 6.45) is 1.40. The molecule has 0 saturated heterocycles. The summed E-state index contributed by atoms with van der Waals surface area (Å²) in [5.41, 5.74) is 0.116. The highest BCUT2D eigenvalue weighted by Gasteiger charge is 2.39. The first-order valence-corrected chi connectivity index (χ1v) is 6.87. The van der Waals surface area contributed by atoms with Crippen molar-refractivity contribution < 1.29 is 19.8 Å². The van der Waals surface area contributed by atoms with Crippen LogP contribution in [0.4, 0.5) is 0 Å². The first-order chi connectivity index (χ1) is 11.1. The van der Waals surface area contributed by atoms with Crippen LogP contribution < -0.4 is 0 Å². The fourth-order valence-corrected chi connectivity index (χ4v) is 2.82. The van der Waals surface area contributed by atoms with Crippen LogP contribution in [0, 0.1) is 0 Å². The van der Waals surface area contributed by atoms with Gasteiger partial charge >= 0.3 is 0 Å². The van der Waals surface area contributed by atoms with Crippen molar-refractivity contribution in [1.29, 1.82) is 0 Å². The summed E-state index contributed by atoms with van der Waals surface area (Å²) in [6, 6.07) is 11.5. The van der Waals surface area contributed by atoms with Crippen LogP contribution in [0.5, 0.6) is 11.8 Å². The van der Waals surface area contributed by atoms with Gasteiger partial charge in [0.1, 0.15) is 11.3 Å². The van der Waals surface area contributed by atoms with E-state index < -0.39 is 23.3 Å². The van der Waals surface area contributed by atoms with Gasteiger partial charge in [-0.15, -0.1) is 0 Å². The number of pyridine rings is 1. The summed E-state index contributed by atoms with van der Waals surface area (Å²) < 4.78 is 1.08. The number of nitrogens with zero attached hydrogens (tertiary/aromatic N) is 2. The number of carbonyl (C=O) groups excluding carboxylic acids is 2. The summed E-state index contributed by atoms with van der Waals surface area (Å²) >= 11 is 0. The molecule has 3 aromatic rings. The predicted molar refractivity (Wildman–Crippen MR) is 80.2 cm³/mol. The van der Waals surface area contributed by atoms with E-state index in [0.717, 1.165) is 4.57 Å². The number of carbonyl (C=O) groups is 2. The van der Waals surface area contributed by atoms with Gasteiger partial charge in [-0.3, -0.25) is 19.1 Å². The third-order valence-corrected chi connectivity index (χ3v) is 3.86. The van der Waals surface area contributed by atoms with Gasteiger partial charge in [0, 0.05) is 6.20 Å². The maximum Gasteiger partial charge on any atom is 0.218 e. The Labute approximate surface area is 130 Å². The molecule has 0 radical (unpaired) electrons. The molecule has 0 spiro atoms. The molecule has 6 nitrogen and oxygen atoms in total. The number of rotatable bonds is 1. The van der Waals surface area contributed by atoms with Crippen molar-refractivity contribution in [3.8, 4) is 17.4 Å². The lowest BCUT2D eigenvalue weighted by atomic mass is 9.89. The SMILES string of the molecule is O=C1c2cccnc2C(=O)c2c1c(O)n(-c1ccccc1)c2O. The number of ketones is 2. The Hall–Kier alpha value is -3.41. The van der Waals surface area contributed by atoms with Gasteiger partial charge in [0.05, 0.1) is 16.8 Å². The Morgan fingerprint density at radius 3 is 2.17 bits per heavy atom. The molecular weight excluding hydrogens is 296 g/mol. The molecule has 0 atom stereocenters. The number of hydrogen-bond acceptors (Lipinski definition) is 5. The quantitative estimate of drug-likeness (QED) is 0.561. The number of fused-ring (bicyclic) bond motifs is 2. The molecule has 0 saturated carbocycles. The second kappa shape index (κ2) is 4.54. The Morgan fingerprint density at radius 2 is 1.48 bits per heavy atom. The van der Waals surface area contributed by atoms with Crippen LogP contribution in [0.25, 0.3) is 5.69 Å². The number of aromatic nitrogens is 2. The zero-order valence-corrected chi connectivity index (χ0v) is 11.7. The number of hydrogen-bond donors (Lipinski definition) is 2. The predicted octanol–water partition coefficient (Wildman–Crippen LogP) is 2.06. The average molecular weight is 306 g/mol. The van der Waals surface area contributed by atoms with Crippen molar-refractivity contribution in [2.75, 3.05) is 0 Å². The summed E-state index contributed by atoms with van der Waals surface area (Å²) in [5.74, 6) is -2.06. The molecule has 112 valence electrons. The minimum absolute atomic E-state index is 0.0227. The lowest BCUT2D eigenvalue weighted by molar-refractivity contribution is 0.0972. The van der Waals surface area contributed by atoms with Gasteiger partial charge < -0.3 is 10.2 Å². The molecule has 0 aliphatic heterocycles. The molecule has 4 rings (SSSR count). The second-order valence-corrected chi connectivity index (χ2v) is 5.13. The van der Waals surface area contributed by atoms with Gasteiger partial charge in [-0.05, 0) is 24.3 Å². The fourth-order valence-electron chi connectivity index (χ4n) is 2.82. The van der Waals surface area contributed by atoms with Crippen molar-refractivity contribution >= 4 is 11.6 Å². The molecule has 1 aliphatic carbocycles. The van der Waals surface area contributed by atoms with Gasteiger partial charge in [-0.2, -0.15) is 0 Å². The molecule has 1 aromatic carbocycles. The van der Waals surface area contributed by atoms with Crippen molar-refractivity contribution in [2.45, 2.75) is 0 Å². The molecule has 6 heteroatoms. The summed E-state index contributed by atoms with van der Waals surface area (Å²) in [4.78, 5) is 29.1. The Morgan fingerprint density at radius 1 is 0.826 bits per heavy atom. The zero-order valence-electron chi connectivity index (χ0n) is 11.7. The smallest absolute Gasteiger partial charge is 0.218 e. The second-order valence-electron chi connectivity index (χ2n) is 5.13. The molecule has 0 amide bonds. The highest BCUT2D eigenvalue weighted by atomic mass is 16.3. The van der Waals surface area contributed by atoms with E-state index in [1.165, 1.54) is 12.3 Å². The summed E-state index contributed by atoms with van der Waals surface area (Å²) in [5, 5.41) is 20.9. The molecule has 0 bridgehead atoms. The van der Waals surface area contributed by atoms with Crippen LogP contribution in [0.2, 0.25) is 0 Å². The molecule has 23 heavy (non-hydrogen) atoms. The van der Waals surface area contributed by atoms with Crippen LogP contribution >= 0.6 is 0 Å². The van der Waals surface area contributed by atoms with Crippen LogP contribution in [-0.2, 0) is 0 Å². The van der Waals surface area contributed by atoms with Crippen LogP contribution in [0.15, 0.2) is 48.7 Å². The van der Waals surface area contributed by atoms with Crippen molar-refractivity contribution in [1.82, 2.24) is 9.55 Å². The summed E-state index contributed by atoms with van der Waals surface area (Å²) in [7, 11) is 0. The topological polar surface area (TPSA) is 92.4 Å². The third kappa shape index (κ3) is 1.66. The van der Waals surface area contributed by atoms with E-state index in [0.29, 0.717) is 5.69 Å². The van der Waals surface area contributed by atoms with E-state index >= 15 is 0 Å². The van der Waals surface area contributed by atoms with Crippen LogP contribution in [0.1, 0.15) is 32.0 Å². The lowest BCUT2D eigenvalue weighted by Crippen LogP contribution is -2.20. The first-order valence-electron chi connectivity index (χ1n) is 6.87. The van der Waals surface area contributed by atoms with Gasteiger partial charge in [-0.1, -0.05) is 18.2 Å². The molecule has 2 aromatic heterocycles. The number of benzene rings is 1. The van der Waals surface area contributed by atoms with Crippen LogP contribution in [-0.4, -0.2) is 31.3 Å². The Bertz CT molecular complexity index is 915. The standard InChI is InChI=1S/C17H10N2O4/c20-14-10-7-4-8-18-13(10)15(21)12-11(14)16(22)19(17(12)23)9-5-2-1-3-6-9/h1-8,22-23H. The largest absolute Gasteiger partial charge is 0.494 e. The van der Waals surface area contributed by atoms with Gasteiger partial charge in [0.15, 0.2) is 0 Å². The van der Waals surface area contributed by atoms with Gasteiger partial charge in [-0.25, -0.2) is 0 Å². The monoisotopic (exact) mass is 306 g/mol. The zero-order chi connectivity index (χ0) is 16.1. The molecular formula is C17H10N2O4. The lowest BCUT2D eigenvalue weighted by Gasteiger charge is -2.12. The van der Waals surface area contributed by atoms with Gasteiger partial charge in [0.25, 0.3) is 0 Å². The minimum atomic E-state index is -0.585. The average Bonchev–Trinajstić information content (AvgIpc) is 2.85. The Balaban J connectivity index is 2.05. The van der Waals surface area contributed by atoms with E-state index in [1.54, 1.807) is 36.4 Å². The Kier molecular flexibility index (Phi) is 2.62. The normalized spacial score (nSPS) is 12.9. The first kappa shape index (κ1) is 13.3. The van der Waals surface area contributed by atoms with E-state index in [1.807, 2.05) is 0 Å². The van der Waals surface area contributed by atoms with Crippen molar-refractivity contribution in [2.24, 2.45) is 0 Å². The molecule has 2 heterocycles. The van der Waals surface area contributed by atoms with E-state index in [4.69, 9.17) is 0 Å². The molecule has 0 fully saturated rings. The van der Waals surface area contributed by atoms with Crippen LogP contribution in [0.3, 0.4) is 0 Å². The molecule has 0 unspecified atom stereocenters. The van der Waals surface area contributed by atoms with Gasteiger partial charge in [0.2, 0.25) is 23.3 Å².